The smallest absolute Gasteiger partial charge is 0.338 e. The quantitative estimate of drug-likeness (QED) is 0.809. The molecule has 3 rings (SSSR count). The Hall–Kier alpha value is -2.37. The summed E-state index contributed by atoms with van der Waals surface area (Å²) in [6.45, 7) is 2.04. The maximum Gasteiger partial charge on any atom is 0.338 e. The standard InChI is InChI=1S/C18H21NO5/c1-2-24-18(23)10-5-7-13(8-6-10)19-16(20)14-11-3-4-12(9-11)15(14)17(21)22/h5-8,11-12,14-15H,2-4,9H2,1H3,(H,19,20)(H,21,22)/t11-,12+,14+,15+/m0/s1. The number of anilines is 1. The van der Waals surface area contributed by atoms with Crippen LogP contribution in [0.3, 0.4) is 0 Å². The van der Waals surface area contributed by atoms with Gasteiger partial charge in [-0.15, -0.1) is 0 Å². The molecule has 24 heavy (non-hydrogen) atoms. The van der Waals surface area contributed by atoms with Crippen LogP contribution in [0, 0.1) is 23.7 Å². The highest BCUT2D eigenvalue weighted by molar-refractivity contribution is 5.96. The molecule has 0 heterocycles. The van der Waals surface area contributed by atoms with Crippen LogP contribution in [0.25, 0.3) is 0 Å². The molecule has 2 aliphatic rings. The van der Waals surface area contributed by atoms with Crippen LogP contribution in [-0.2, 0) is 14.3 Å². The molecule has 0 aliphatic heterocycles. The van der Waals surface area contributed by atoms with Gasteiger partial charge in [-0.1, -0.05) is 0 Å². The molecule has 6 heteroatoms. The number of benzene rings is 1. The number of amides is 1. The van der Waals surface area contributed by atoms with Gasteiger partial charge in [-0.05, 0) is 62.3 Å². The molecule has 2 fully saturated rings. The van der Waals surface area contributed by atoms with Gasteiger partial charge in [0.1, 0.15) is 0 Å². The molecule has 1 amide bonds. The van der Waals surface area contributed by atoms with E-state index in [2.05, 4.69) is 5.32 Å². The van der Waals surface area contributed by atoms with Crippen molar-refractivity contribution >= 4 is 23.5 Å². The molecule has 2 saturated carbocycles. The number of esters is 1. The van der Waals surface area contributed by atoms with Crippen LogP contribution in [0.2, 0.25) is 0 Å². The Morgan fingerprint density at radius 3 is 2.33 bits per heavy atom. The normalized spacial score (nSPS) is 27.7. The second-order valence-electron chi connectivity index (χ2n) is 6.51. The number of carboxylic acid groups (broad SMARTS) is 1. The van der Waals surface area contributed by atoms with Gasteiger partial charge in [-0.2, -0.15) is 0 Å². The van der Waals surface area contributed by atoms with Crippen molar-refractivity contribution < 1.29 is 24.2 Å². The minimum Gasteiger partial charge on any atom is -0.481 e. The van der Waals surface area contributed by atoms with Gasteiger partial charge in [-0.3, -0.25) is 9.59 Å². The zero-order valence-corrected chi connectivity index (χ0v) is 13.5. The third kappa shape index (κ3) is 3.00. The summed E-state index contributed by atoms with van der Waals surface area (Å²) in [5.41, 5.74) is 0.971. The fraction of sp³-hybridized carbons (Fsp3) is 0.500. The summed E-state index contributed by atoms with van der Waals surface area (Å²) in [4.78, 5) is 35.7. The summed E-state index contributed by atoms with van der Waals surface area (Å²) in [5.74, 6) is -2.29. The molecule has 6 nitrogen and oxygen atoms in total. The summed E-state index contributed by atoms with van der Waals surface area (Å²) < 4.78 is 4.91. The number of nitrogens with one attached hydrogen (secondary N) is 1. The molecule has 0 unspecified atom stereocenters. The van der Waals surface area contributed by atoms with Crippen molar-refractivity contribution in [1.29, 1.82) is 0 Å². The predicted octanol–water partition coefficient (Wildman–Crippen LogP) is 2.55. The minimum atomic E-state index is -0.875. The average Bonchev–Trinajstić information content (AvgIpc) is 3.16. The van der Waals surface area contributed by atoms with Crippen molar-refractivity contribution in [2.24, 2.45) is 23.7 Å². The van der Waals surface area contributed by atoms with Crippen LogP contribution >= 0.6 is 0 Å². The number of hydrogen-bond acceptors (Lipinski definition) is 4. The molecular formula is C18H21NO5. The van der Waals surface area contributed by atoms with Crippen LogP contribution < -0.4 is 5.32 Å². The highest BCUT2D eigenvalue weighted by Gasteiger charge is 2.53. The third-order valence-corrected chi connectivity index (χ3v) is 5.17. The summed E-state index contributed by atoms with van der Waals surface area (Å²) >= 11 is 0. The van der Waals surface area contributed by atoms with E-state index in [1.54, 1.807) is 31.2 Å². The number of hydrogen-bond donors (Lipinski definition) is 2. The zero-order valence-electron chi connectivity index (χ0n) is 13.5. The minimum absolute atomic E-state index is 0.120. The summed E-state index contributed by atoms with van der Waals surface area (Å²) in [6, 6.07) is 6.44. The van der Waals surface area contributed by atoms with E-state index in [4.69, 9.17) is 4.74 Å². The molecule has 0 saturated heterocycles. The number of carbonyl (C=O) groups is 3. The maximum atomic E-state index is 12.6. The predicted molar refractivity (Wildman–Crippen MR) is 86.5 cm³/mol. The first-order chi connectivity index (χ1) is 11.5. The molecule has 0 radical (unpaired) electrons. The first-order valence-corrected chi connectivity index (χ1v) is 8.32. The number of ether oxygens (including phenoxy) is 1. The van der Waals surface area contributed by atoms with Gasteiger partial charge in [-0.25, -0.2) is 4.79 Å². The van der Waals surface area contributed by atoms with Crippen molar-refractivity contribution in [3.63, 3.8) is 0 Å². The molecule has 128 valence electrons. The Bertz CT molecular complexity index is 654. The molecule has 4 atom stereocenters. The van der Waals surface area contributed by atoms with Crippen molar-refractivity contribution in [3.8, 4) is 0 Å². The second-order valence-corrected chi connectivity index (χ2v) is 6.51. The highest BCUT2D eigenvalue weighted by Crippen LogP contribution is 2.52. The molecular weight excluding hydrogens is 310 g/mol. The molecule has 1 aromatic rings. The first-order valence-electron chi connectivity index (χ1n) is 8.32. The Labute approximate surface area is 140 Å². The molecule has 0 spiro atoms. The summed E-state index contributed by atoms with van der Waals surface area (Å²) in [6.07, 6.45) is 2.66. The van der Waals surface area contributed by atoms with Crippen LogP contribution in [0.5, 0.6) is 0 Å². The van der Waals surface area contributed by atoms with E-state index in [-0.39, 0.29) is 17.7 Å². The Morgan fingerprint density at radius 2 is 1.75 bits per heavy atom. The molecule has 2 aliphatic carbocycles. The maximum absolute atomic E-state index is 12.6. The number of carboxylic acids is 1. The van der Waals surface area contributed by atoms with Crippen LogP contribution in [0.4, 0.5) is 5.69 Å². The molecule has 2 N–H and O–H groups in total. The number of carbonyl (C=O) groups excluding carboxylic acids is 2. The largest absolute Gasteiger partial charge is 0.481 e. The molecule has 2 bridgehead atoms. The zero-order chi connectivity index (χ0) is 17.3. The van der Waals surface area contributed by atoms with Gasteiger partial charge >= 0.3 is 11.9 Å². The lowest BCUT2D eigenvalue weighted by Crippen LogP contribution is -2.37. The average molecular weight is 331 g/mol. The van der Waals surface area contributed by atoms with E-state index in [1.807, 2.05) is 0 Å². The fourth-order valence-electron chi connectivity index (χ4n) is 4.15. The van der Waals surface area contributed by atoms with Crippen LogP contribution in [0.1, 0.15) is 36.5 Å². The fourth-order valence-corrected chi connectivity index (χ4v) is 4.15. The summed E-state index contributed by atoms with van der Waals surface area (Å²) in [5, 5.41) is 12.2. The summed E-state index contributed by atoms with van der Waals surface area (Å²) in [7, 11) is 0. The van der Waals surface area contributed by atoms with Gasteiger partial charge in [0.05, 0.1) is 24.0 Å². The monoisotopic (exact) mass is 331 g/mol. The number of fused-ring (bicyclic) bond motifs is 2. The van der Waals surface area contributed by atoms with Crippen molar-refractivity contribution in [2.75, 3.05) is 11.9 Å². The Kier molecular flexibility index (Phi) is 4.55. The third-order valence-electron chi connectivity index (χ3n) is 5.17. The van der Waals surface area contributed by atoms with Gasteiger partial charge < -0.3 is 15.2 Å². The molecule has 0 aromatic heterocycles. The first kappa shape index (κ1) is 16.5. The van der Waals surface area contributed by atoms with E-state index >= 15 is 0 Å². The van der Waals surface area contributed by atoms with E-state index in [0.717, 1.165) is 19.3 Å². The van der Waals surface area contributed by atoms with E-state index in [9.17, 15) is 19.5 Å². The SMILES string of the molecule is CCOC(=O)c1ccc(NC(=O)[C@@H]2[C@H]3CC[C@H](C3)[C@H]2C(=O)O)cc1. The second kappa shape index (κ2) is 6.63. The van der Waals surface area contributed by atoms with Crippen molar-refractivity contribution in [3.05, 3.63) is 29.8 Å². The van der Waals surface area contributed by atoms with Crippen LogP contribution in [0.15, 0.2) is 24.3 Å². The van der Waals surface area contributed by atoms with Gasteiger partial charge in [0, 0.05) is 5.69 Å². The van der Waals surface area contributed by atoms with Crippen molar-refractivity contribution in [1.82, 2.24) is 0 Å². The number of aliphatic carboxylic acids is 1. The Morgan fingerprint density at radius 1 is 1.12 bits per heavy atom. The van der Waals surface area contributed by atoms with Crippen molar-refractivity contribution in [2.45, 2.75) is 26.2 Å². The van der Waals surface area contributed by atoms with E-state index in [0.29, 0.717) is 17.9 Å². The highest BCUT2D eigenvalue weighted by atomic mass is 16.5. The number of rotatable bonds is 5. The van der Waals surface area contributed by atoms with E-state index < -0.39 is 23.8 Å². The van der Waals surface area contributed by atoms with Gasteiger partial charge in [0.25, 0.3) is 0 Å². The topological polar surface area (TPSA) is 92.7 Å². The van der Waals surface area contributed by atoms with Gasteiger partial charge in [0.2, 0.25) is 5.91 Å². The molecule has 1 aromatic carbocycles. The van der Waals surface area contributed by atoms with E-state index in [1.165, 1.54) is 0 Å². The lowest BCUT2D eigenvalue weighted by Gasteiger charge is -2.27. The Balaban J connectivity index is 1.68. The van der Waals surface area contributed by atoms with Crippen LogP contribution in [-0.4, -0.2) is 29.6 Å². The lowest BCUT2D eigenvalue weighted by atomic mass is 9.78. The van der Waals surface area contributed by atoms with Gasteiger partial charge in [0.15, 0.2) is 0 Å². The lowest BCUT2D eigenvalue weighted by molar-refractivity contribution is -0.148.